The normalized spacial score (nSPS) is 15.8. The number of rotatable bonds is 4. The van der Waals surface area contributed by atoms with Crippen molar-refractivity contribution < 1.29 is 6.22 Å². The molecule has 0 spiro atoms. The lowest BCUT2D eigenvalue weighted by Gasteiger charge is -2.22. The molecule has 1 aliphatic heterocycles. The Morgan fingerprint density at radius 2 is 1.91 bits per heavy atom. The molecule has 32 heavy (non-hydrogen) atoms. The van der Waals surface area contributed by atoms with Crippen molar-refractivity contribution in [2.75, 3.05) is 6.54 Å². The maximum atomic E-state index is 11.8. The third-order valence-electron chi connectivity index (χ3n) is 5.45. The van der Waals surface area contributed by atoms with E-state index in [9.17, 15) is 15.3 Å². The molecule has 4 aromatic rings. The van der Waals surface area contributed by atoms with Gasteiger partial charge < -0.3 is 5.32 Å². The number of pyridine rings is 1. The summed E-state index contributed by atoms with van der Waals surface area (Å²) in [5.41, 5.74) is 3.51. The van der Waals surface area contributed by atoms with E-state index in [1.807, 2.05) is 41.3 Å². The highest BCUT2D eigenvalue weighted by Crippen LogP contribution is 2.37. The number of carbonyl (C=O) groups is 1. The van der Waals surface area contributed by atoms with Crippen molar-refractivity contribution in [3.05, 3.63) is 66.2 Å². The number of nitrogens with one attached hydrogen (secondary N) is 1. The number of hydrogen-bond donors (Lipinski definition) is 1. The molecule has 8 nitrogen and oxygen atoms in total. The van der Waals surface area contributed by atoms with Crippen LogP contribution in [0.2, 0.25) is 0 Å². The van der Waals surface area contributed by atoms with Crippen LogP contribution >= 0.6 is 11.8 Å². The summed E-state index contributed by atoms with van der Waals surface area (Å²) in [5.74, 6) is 0.0372. The molecular formula is C23H19N7OS. The van der Waals surface area contributed by atoms with E-state index in [0.29, 0.717) is 29.6 Å². The van der Waals surface area contributed by atoms with Crippen LogP contribution < -0.4 is 5.32 Å². The molecule has 1 aliphatic rings. The highest BCUT2D eigenvalue weighted by molar-refractivity contribution is 7.99. The van der Waals surface area contributed by atoms with Crippen LogP contribution in [-0.2, 0) is 4.79 Å². The Hall–Kier alpha value is -4.08. The fourth-order valence-electron chi connectivity index (χ4n) is 3.85. The molecule has 0 unspecified atom stereocenters. The molecule has 1 amide bonds. The molecule has 158 valence electrons. The first-order valence-corrected chi connectivity index (χ1v) is 10.9. The predicted molar refractivity (Wildman–Crippen MR) is 120 cm³/mol. The first kappa shape index (κ1) is 19.9. The zero-order valence-corrected chi connectivity index (χ0v) is 17.7. The summed E-state index contributed by atoms with van der Waals surface area (Å²) in [4.78, 5) is 13.4. The summed E-state index contributed by atoms with van der Waals surface area (Å²) < 4.78 is 3.54. The molecule has 1 aromatic carbocycles. The Kier molecular flexibility index (Phi) is 5.10. The largest absolute Gasteiger partial charge is 0.356 e. The Morgan fingerprint density at radius 3 is 2.72 bits per heavy atom. The number of piperidine rings is 1. The van der Waals surface area contributed by atoms with Crippen LogP contribution in [0.3, 0.4) is 0 Å². The van der Waals surface area contributed by atoms with Crippen LogP contribution in [-0.4, -0.2) is 31.8 Å². The second-order valence-corrected chi connectivity index (χ2v) is 8.56. The minimum atomic E-state index is 0. The summed E-state index contributed by atoms with van der Waals surface area (Å²) in [7, 11) is 0. The van der Waals surface area contributed by atoms with Crippen molar-refractivity contribution in [1.29, 1.82) is 10.5 Å². The molecule has 1 atom stereocenters. The molecule has 0 aliphatic carbocycles. The third-order valence-corrected chi connectivity index (χ3v) is 6.56. The van der Waals surface area contributed by atoms with Gasteiger partial charge in [0.15, 0.2) is 0 Å². The maximum Gasteiger partial charge on any atom is 0.222 e. The van der Waals surface area contributed by atoms with Crippen molar-refractivity contribution in [2.24, 2.45) is 0 Å². The van der Waals surface area contributed by atoms with Gasteiger partial charge in [0, 0.05) is 47.7 Å². The van der Waals surface area contributed by atoms with E-state index in [4.69, 9.17) is 0 Å². The average molecular weight is 442 g/mol. The summed E-state index contributed by atoms with van der Waals surface area (Å²) in [6.07, 6.45) is 8.38. The van der Waals surface area contributed by atoms with E-state index in [1.54, 1.807) is 23.0 Å². The zero-order valence-electron chi connectivity index (χ0n) is 16.9. The van der Waals surface area contributed by atoms with Gasteiger partial charge in [-0.05, 0) is 24.6 Å². The maximum absolute atomic E-state index is 11.8. The summed E-state index contributed by atoms with van der Waals surface area (Å²) in [6, 6.07) is 13.8. The van der Waals surface area contributed by atoms with Gasteiger partial charge in [-0.2, -0.15) is 20.7 Å². The fraction of sp³-hybridized carbons (Fsp3) is 0.174. The van der Waals surface area contributed by atoms with Crippen molar-refractivity contribution in [3.8, 4) is 23.3 Å². The number of fused-ring (bicyclic) bond motifs is 1. The van der Waals surface area contributed by atoms with Gasteiger partial charge in [-0.3, -0.25) is 9.48 Å². The van der Waals surface area contributed by atoms with Gasteiger partial charge in [-0.25, -0.2) is 4.52 Å². The minimum absolute atomic E-state index is 0. The summed E-state index contributed by atoms with van der Waals surface area (Å²) >= 11 is 1.43. The van der Waals surface area contributed by atoms with Crippen molar-refractivity contribution in [1.82, 2.24) is 24.7 Å². The Balaban J connectivity index is 0.00000259. The third kappa shape index (κ3) is 3.59. The smallest absolute Gasteiger partial charge is 0.222 e. The van der Waals surface area contributed by atoms with Gasteiger partial charge >= 0.3 is 0 Å². The van der Waals surface area contributed by atoms with E-state index in [1.165, 1.54) is 11.8 Å². The van der Waals surface area contributed by atoms with E-state index >= 15 is 0 Å². The minimum Gasteiger partial charge on any atom is -0.356 e. The lowest BCUT2D eigenvalue weighted by atomic mass is 10.1. The molecule has 0 bridgehead atoms. The number of aromatic nitrogens is 4. The van der Waals surface area contributed by atoms with Gasteiger partial charge in [0.1, 0.15) is 12.1 Å². The second kappa shape index (κ2) is 8.22. The fourth-order valence-corrected chi connectivity index (χ4v) is 4.94. The Morgan fingerprint density at radius 1 is 1.06 bits per heavy atom. The van der Waals surface area contributed by atoms with E-state index in [0.717, 1.165) is 27.3 Å². The highest BCUT2D eigenvalue weighted by atomic mass is 32.2. The number of benzene rings is 1. The molecule has 9 heteroatoms. The van der Waals surface area contributed by atoms with Crippen LogP contribution in [0, 0.1) is 22.7 Å². The monoisotopic (exact) mass is 441 g/mol. The van der Waals surface area contributed by atoms with Gasteiger partial charge in [-0.15, -0.1) is 0 Å². The van der Waals surface area contributed by atoms with Crippen LogP contribution in [0.4, 0.5) is 0 Å². The first-order chi connectivity index (χ1) is 15.7. The first-order valence-electron chi connectivity index (χ1n) is 10.1. The van der Waals surface area contributed by atoms with Crippen LogP contribution in [0.5, 0.6) is 0 Å². The Bertz CT molecular complexity index is 1430. The number of nitrogens with zero attached hydrogens (tertiary/aromatic N) is 6. The van der Waals surface area contributed by atoms with Crippen molar-refractivity contribution >= 4 is 23.2 Å². The topological polar surface area (TPSA) is 112 Å². The highest BCUT2D eigenvalue weighted by Gasteiger charge is 2.22. The second-order valence-electron chi connectivity index (χ2n) is 7.47. The van der Waals surface area contributed by atoms with Crippen LogP contribution in [0.1, 0.15) is 31.4 Å². The van der Waals surface area contributed by atoms with Crippen LogP contribution in [0.25, 0.3) is 16.6 Å². The predicted octanol–water partition coefficient (Wildman–Crippen LogP) is 3.79. The standard InChI is InChI=1S/C23H17N7OS.H2/c24-9-15-3-1-2-4-20(15)32-21-7-16(13-30-23(21)17(10-25)11-28-30)18-12-27-29(14-18)19-5-6-26-22(31)8-19;/h1-4,7,11-14,19H,5-6,8H2,(H,26,31);1H/t19-;/m0./s1. The SMILES string of the molecule is N#Cc1ccccc1Sc1cc(-c2cnn([C@H]3CCNC(=O)C3)c2)cn2ncc(C#N)c12.[HH]. The number of nitriles is 2. The molecule has 0 saturated carbocycles. The van der Waals surface area contributed by atoms with Crippen LogP contribution in [0.15, 0.2) is 64.9 Å². The zero-order chi connectivity index (χ0) is 22.1. The van der Waals surface area contributed by atoms with Crippen molar-refractivity contribution in [2.45, 2.75) is 28.7 Å². The lowest BCUT2D eigenvalue weighted by molar-refractivity contribution is -0.123. The lowest BCUT2D eigenvalue weighted by Crippen LogP contribution is -2.34. The van der Waals surface area contributed by atoms with Gasteiger partial charge in [0.2, 0.25) is 5.91 Å². The average Bonchev–Trinajstić information content (AvgIpc) is 3.47. The molecule has 1 fully saturated rings. The molecule has 0 radical (unpaired) electrons. The van der Waals surface area contributed by atoms with Gasteiger partial charge in [0.25, 0.3) is 0 Å². The quantitative estimate of drug-likeness (QED) is 0.516. The van der Waals surface area contributed by atoms with E-state index in [2.05, 4.69) is 27.7 Å². The number of carbonyl (C=O) groups excluding carboxylic acids is 1. The molecule has 1 N–H and O–H groups in total. The van der Waals surface area contributed by atoms with Gasteiger partial charge in [-0.1, -0.05) is 23.9 Å². The summed E-state index contributed by atoms with van der Waals surface area (Å²) in [6.45, 7) is 0.647. The van der Waals surface area contributed by atoms with Gasteiger partial charge in [0.05, 0.1) is 35.1 Å². The summed E-state index contributed by atoms with van der Waals surface area (Å²) in [5, 5.41) is 30.7. The molecule has 1 saturated heterocycles. The van der Waals surface area contributed by atoms with E-state index in [-0.39, 0.29) is 13.4 Å². The van der Waals surface area contributed by atoms with Crippen molar-refractivity contribution in [3.63, 3.8) is 0 Å². The molecule has 3 aromatic heterocycles. The molecular weight excluding hydrogens is 422 g/mol. The number of hydrogen-bond acceptors (Lipinski definition) is 6. The molecule has 4 heterocycles. The Labute approximate surface area is 189 Å². The number of amides is 1. The molecule has 5 rings (SSSR count). The van der Waals surface area contributed by atoms with E-state index < -0.39 is 0 Å².